The monoisotopic (exact) mass is 320 g/mol. The first-order valence-electron chi connectivity index (χ1n) is 6.49. The molecule has 0 saturated carbocycles. The zero-order valence-electron chi connectivity index (χ0n) is 12.7. The molecule has 0 saturated heterocycles. The molecule has 1 heterocycles. The summed E-state index contributed by atoms with van der Waals surface area (Å²) in [6, 6.07) is 3.05. The van der Waals surface area contributed by atoms with Gasteiger partial charge < -0.3 is 9.73 Å². The fourth-order valence-electron chi connectivity index (χ4n) is 1.56. The highest BCUT2D eigenvalue weighted by atomic mass is 32.2. The van der Waals surface area contributed by atoms with Gasteiger partial charge in [0.15, 0.2) is 0 Å². The van der Waals surface area contributed by atoms with Gasteiger partial charge in [-0.25, -0.2) is 13.1 Å². The Morgan fingerprint density at radius 3 is 2.55 bits per heavy atom. The lowest BCUT2D eigenvalue weighted by atomic mass is 10.1. The van der Waals surface area contributed by atoms with Crippen molar-refractivity contribution in [2.24, 2.45) is 0 Å². The van der Waals surface area contributed by atoms with E-state index in [2.05, 4.69) is 10.0 Å². The average molecular weight is 320 g/mol. The summed E-state index contributed by atoms with van der Waals surface area (Å²) in [4.78, 5) is 0. The average Bonchev–Trinajstić information content (AvgIpc) is 2.74. The summed E-state index contributed by atoms with van der Waals surface area (Å²) in [5, 5.41) is 3.22. The smallest absolute Gasteiger partial charge is 0.274 e. The van der Waals surface area contributed by atoms with Gasteiger partial charge in [0.2, 0.25) is 5.09 Å². The van der Waals surface area contributed by atoms with Crippen molar-refractivity contribution in [1.82, 2.24) is 10.0 Å². The molecule has 0 aliphatic rings. The van der Waals surface area contributed by atoms with Gasteiger partial charge in [-0.05, 0) is 46.1 Å². The molecular formula is C13H24N2O3S2. The van der Waals surface area contributed by atoms with Crippen LogP contribution in [0.1, 0.15) is 33.5 Å². The molecule has 0 aliphatic carbocycles. The van der Waals surface area contributed by atoms with Crippen molar-refractivity contribution in [1.29, 1.82) is 0 Å². The van der Waals surface area contributed by atoms with Crippen LogP contribution in [-0.2, 0) is 16.6 Å². The van der Waals surface area contributed by atoms with Crippen LogP contribution in [0.5, 0.6) is 0 Å². The zero-order valence-corrected chi connectivity index (χ0v) is 14.3. The highest BCUT2D eigenvalue weighted by Gasteiger charge is 2.21. The Labute approximate surface area is 125 Å². The molecule has 2 N–H and O–H groups in total. The van der Waals surface area contributed by atoms with Crippen molar-refractivity contribution >= 4 is 21.8 Å². The van der Waals surface area contributed by atoms with Crippen LogP contribution in [0.2, 0.25) is 0 Å². The fourth-order valence-corrected chi connectivity index (χ4v) is 3.44. The minimum atomic E-state index is -3.57. The number of rotatable bonds is 7. The maximum atomic E-state index is 12.1. The molecule has 20 heavy (non-hydrogen) atoms. The zero-order chi connectivity index (χ0) is 15.4. The van der Waals surface area contributed by atoms with Gasteiger partial charge >= 0.3 is 0 Å². The van der Waals surface area contributed by atoms with Crippen LogP contribution in [0, 0.1) is 0 Å². The largest absolute Gasteiger partial charge is 0.447 e. The molecule has 0 aliphatic heterocycles. The summed E-state index contributed by atoms with van der Waals surface area (Å²) in [6.07, 6.45) is 1.94. The third-order valence-corrected chi connectivity index (χ3v) is 4.76. The van der Waals surface area contributed by atoms with E-state index in [9.17, 15) is 8.42 Å². The first-order valence-corrected chi connectivity index (χ1v) is 9.37. The molecule has 0 aromatic carbocycles. The van der Waals surface area contributed by atoms with Gasteiger partial charge in [-0.3, -0.25) is 0 Å². The molecule has 1 atom stereocenters. The summed E-state index contributed by atoms with van der Waals surface area (Å²) in [7, 11) is -3.57. The molecule has 1 rings (SSSR count). The predicted molar refractivity (Wildman–Crippen MR) is 83.5 cm³/mol. The van der Waals surface area contributed by atoms with Crippen LogP contribution in [0.15, 0.2) is 21.6 Å². The first-order chi connectivity index (χ1) is 9.14. The standard InChI is InChI=1S/C13H24N2O3S2/c1-10(9-19-5)15-20(16,17)12-7-6-11(18-12)8-14-13(2,3)4/h6-7,10,14-15H,8-9H2,1-5H3. The Balaban J connectivity index is 2.70. The summed E-state index contributed by atoms with van der Waals surface area (Å²) >= 11 is 1.59. The molecule has 7 heteroatoms. The van der Waals surface area contributed by atoms with Gasteiger partial charge in [0.05, 0.1) is 6.54 Å². The number of hydrogen-bond donors (Lipinski definition) is 2. The Hall–Kier alpha value is -0.500. The van der Waals surface area contributed by atoms with Crippen LogP contribution in [0.4, 0.5) is 0 Å². The molecule has 1 aromatic heterocycles. The topological polar surface area (TPSA) is 71.3 Å². The van der Waals surface area contributed by atoms with Crippen molar-refractivity contribution in [2.75, 3.05) is 12.0 Å². The van der Waals surface area contributed by atoms with Crippen molar-refractivity contribution < 1.29 is 12.8 Å². The molecule has 5 nitrogen and oxygen atoms in total. The molecule has 1 unspecified atom stereocenters. The number of furan rings is 1. The maximum absolute atomic E-state index is 12.1. The van der Waals surface area contributed by atoms with E-state index in [0.717, 1.165) is 5.75 Å². The van der Waals surface area contributed by atoms with E-state index in [-0.39, 0.29) is 16.7 Å². The third-order valence-electron chi connectivity index (χ3n) is 2.47. The van der Waals surface area contributed by atoms with Gasteiger partial charge in [0.25, 0.3) is 10.0 Å². The molecular weight excluding hydrogens is 296 g/mol. The quantitative estimate of drug-likeness (QED) is 0.806. The minimum absolute atomic E-state index is 0.0313. The van der Waals surface area contributed by atoms with Gasteiger partial charge in [-0.1, -0.05) is 0 Å². The van der Waals surface area contributed by atoms with E-state index in [1.165, 1.54) is 6.07 Å². The van der Waals surface area contributed by atoms with Crippen LogP contribution in [0.25, 0.3) is 0 Å². The number of sulfonamides is 1. The molecule has 1 aromatic rings. The van der Waals surface area contributed by atoms with E-state index in [1.54, 1.807) is 17.8 Å². The predicted octanol–water partition coefficient (Wildman–Crippen LogP) is 2.20. The molecule has 0 amide bonds. The molecule has 116 valence electrons. The Kier molecular flexibility index (Phi) is 6.12. The second-order valence-electron chi connectivity index (χ2n) is 5.80. The number of hydrogen-bond acceptors (Lipinski definition) is 5. The minimum Gasteiger partial charge on any atom is -0.447 e. The van der Waals surface area contributed by atoms with Crippen molar-refractivity contribution in [2.45, 2.75) is 50.9 Å². The van der Waals surface area contributed by atoms with E-state index < -0.39 is 10.0 Å². The third kappa shape index (κ3) is 5.87. The van der Waals surface area contributed by atoms with E-state index >= 15 is 0 Å². The SMILES string of the molecule is CSCC(C)NS(=O)(=O)c1ccc(CNC(C)(C)C)o1. The molecule has 0 bridgehead atoms. The maximum Gasteiger partial charge on any atom is 0.274 e. The number of thioether (sulfide) groups is 1. The lowest BCUT2D eigenvalue weighted by Gasteiger charge is -2.19. The van der Waals surface area contributed by atoms with Crippen LogP contribution < -0.4 is 10.0 Å². The summed E-state index contributed by atoms with van der Waals surface area (Å²) < 4.78 is 32.2. The van der Waals surface area contributed by atoms with Crippen molar-refractivity contribution in [3.05, 3.63) is 17.9 Å². The molecule has 0 spiro atoms. The highest BCUT2D eigenvalue weighted by Crippen LogP contribution is 2.15. The van der Waals surface area contributed by atoms with Crippen LogP contribution in [0.3, 0.4) is 0 Å². The Morgan fingerprint density at radius 1 is 1.35 bits per heavy atom. The van der Waals surface area contributed by atoms with E-state index in [0.29, 0.717) is 12.3 Å². The van der Waals surface area contributed by atoms with Gasteiger partial charge in [-0.15, -0.1) is 0 Å². The lowest BCUT2D eigenvalue weighted by Crippen LogP contribution is -2.35. The fraction of sp³-hybridized carbons (Fsp3) is 0.692. The number of nitrogens with one attached hydrogen (secondary N) is 2. The first kappa shape index (κ1) is 17.6. The van der Waals surface area contributed by atoms with Gasteiger partial charge in [0.1, 0.15) is 5.76 Å². The summed E-state index contributed by atoms with van der Waals surface area (Å²) in [5.74, 6) is 1.33. The van der Waals surface area contributed by atoms with E-state index in [1.807, 2.05) is 34.0 Å². The van der Waals surface area contributed by atoms with Crippen LogP contribution >= 0.6 is 11.8 Å². The van der Waals surface area contributed by atoms with Crippen molar-refractivity contribution in [3.8, 4) is 0 Å². The van der Waals surface area contributed by atoms with Crippen LogP contribution in [-0.4, -0.2) is 32.0 Å². The normalized spacial score (nSPS) is 14.4. The highest BCUT2D eigenvalue weighted by molar-refractivity contribution is 7.98. The summed E-state index contributed by atoms with van der Waals surface area (Å²) in [6.45, 7) is 8.45. The van der Waals surface area contributed by atoms with Crippen molar-refractivity contribution in [3.63, 3.8) is 0 Å². The second kappa shape index (κ2) is 6.98. The Bertz CT molecular complexity index is 518. The Morgan fingerprint density at radius 2 is 2.00 bits per heavy atom. The van der Waals surface area contributed by atoms with Gasteiger partial charge in [-0.2, -0.15) is 11.8 Å². The second-order valence-corrected chi connectivity index (χ2v) is 8.36. The molecule has 0 radical (unpaired) electrons. The molecule has 0 fully saturated rings. The van der Waals surface area contributed by atoms with E-state index in [4.69, 9.17) is 4.42 Å². The van der Waals surface area contributed by atoms with Gasteiger partial charge in [0, 0.05) is 17.3 Å². The summed E-state index contributed by atoms with van der Waals surface area (Å²) in [5.41, 5.74) is -0.0447. The lowest BCUT2D eigenvalue weighted by molar-refractivity contribution is 0.359.